The summed E-state index contributed by atoms with van der Waals surface area (Å²) in [7, 11) is 0. The van der Waals surface area contributed by atoms with Crippen LogP contribution in [-0.2, 0) is 5.41 Å². The third-order valence-electron chi connectivity index (χ3n) is 2.74. The molecule has 0 saturated heterocycles. The van der Waals surface area contributed by atoms with Crippen LogP contribution in [0.25, 0.3) is 10.8 Å². The SMILES string of the molecule is CC(C)(C)c1ccc2c(N)ncc(F)c2c1. The second-order valence-corrected chi connectivity index (χ2v) is 5.00. The molecule has 1 aromatic carbocycles. The maximum absolute atomic E-state index is 13.6. The molecule has 1 heterocycles. The van der Waals surface area contributed by atoms with Crippen molar-refractivity contribution < 1.29 is 4.39 Å². The third kappa shape index (κ3) is 1.73. The highest BCUT2D eigenvalue weighted by Gasteiger charge is 2.15. The van der Waals surface area contributed by atoms with Crippen molar-refractivity contribution in [2.24, 2.45) is 0 Å². The van der Waals surface area contributed by atoms with Crippen LogP contribution in [0.15, 0.2) is 24.4 Å². The summed E-state index contributed by atoms with van der Waals surface area (Å²) in [4.78, 5) is 3.80. The van der Waals surface area contributed by atoms with Crippen molar-refractivity contribution in [2.75, 3.05) is 5.73 Å². The smallest absolute Gasteiger partial charge is 0.149 e. The minimum atomic E-state index is -0.324. The van der Waals surface area contributed by atoms with E-state index in [-0.39, 0.29) is 11.2 Å². The number of hydrogen-bond donors (Lipinski definition) is 1. The normalized spacial score (nSPS) is 12.0. The fourth-order valence-corrected chi connectivity index (χ4v) is 1.70. The number of rotatable bonds is 0. The first-order chi connectivity index (χ1) is 7.39. The highest BCUT2D eigenvalue weighted by molar-refractivity contribution is 5.91. The zero-order valence-electron chi connectivity index (χ0n) is 9.71. The van der Waals surface area contributed by atoms with Gasteiger partial charge in [-0.1, -0.05) is 32.9 Å². The van der Waals surface area contributed by atoms with E-state index < -0.39 is 0 Å². The summed E-state index contributed by atoms with van der Waals surface area (Å²) < 4.78 is 13.6. The van der Waals surface area contributed by atoms with Crippen molar-refractivity contribution in [2.45, 2.75) is 26.2 Å². The number of pyridine rings is 1. The number of nitrogens with zero attached hydrogens (tertiary/aromatic N) is 1. The monoisotopic (exact) mass is 218 g/mol. The average Bonchev–Trinajstić information content (AvgIpc) is 2.22. The third-order valence-corrected chi connectivity index (χ3v) is 2.74. The Kier molecular flexibility index (Phi) is 2.34. The molecule has 1 aromatic heterocycles. The summed E-state index contributed by atoms with van der Waals surface area (Å²) in [6, 6.07) is 5.66. The maximum Gasteiger partial charge on any atom is 0.149 e. The average molecular weight is 218 g/mol. The van der Waals surface area contributed by atoms with Crippen LogP contribution in [-0.4, -0.2) is 4.98 Å². The number of halogens is 1. The molecule has 0 saturated carbocycles. The van der Waals surface area contributed by atoms with E-state index in [1.54, 1.807) is 0 Å². The molecule has 84 valence electrons. The van der Waals surface area contributed by atoms with E-state index in [0.717, 1.165) is 5.56 Å². The Morgan fingerprint density at radius 2 is 1.88 bits per heavy atom. The largest absolute Gasteiger partial charge is 0.383 e. The molecule has 0 amide bonds. The molecule has 2 rings (SSSR count). The number of anilines is 1. The molecular formula is C13H15FN2. The second kappa shape index (κ2) is 3.44. The lowest BCUT2D eigenvalue weighted by atomic mass is 9.86. The van der Waals surface area contributed by atoms with Gasteiger partial charge in [-0.05, 0) is 17.0 Å². The number of nitrogen functional groups attached to an aromatic ring is 1. The molecule has 0 aliphatic rings. The van der Waals surface area contributed by atoms with Crippen LogP contribution in [0.5, 0.6) is 0 Å². The van der Waals surface area contributed by atoms with Gasteiger partial charge in [-0.15, -0.1) is 0 Å². The predicted octanol–water partition coefficient (Wildman–Crippen LogP) is 3.25. The molecule has 0 radical (unpaired) electrons. The van der Waals surface area contributed by atoms with E-state index in [1.165, 1.54) is 6.20 Å². The zero-order chi connectivity index (χ0) is 11.9. The molecule has 2 nitrogen and oxygen atoms in total. The van der Waals surface area contributed by atoms with E-state index in [2.05, 4.69) is 25.8 Å². The van der Waals surface area contributed by atoms with E-state index in [4.69, 9.17) is 5.73 Å². The van der Waals surface area contributed by atoms with Gasteiger partial charge in [0.2, 0.25) is 0 Å². The first kappa shape index (κ1) is 10.9. The number of nitrogens with two attached hydrogens (primary N) is 1. The van der Waals surface area contributed by atoms with E-state index in [0.29, 0.717) is 16.6 Å². The van der Waals surface area contributed by atoms with Crippen molar-refractivity contribution in [1.82, 2.24) is 4.98 Å². The van der Waals surface area contributed by atoms with Gasteiger partial charge < -0.3 is 5.73 Å². The van der Waals surface area contributed by atoms with Crippen LogP contribution in [0.3, 0.4) is 0 Å². The molecule has 3 heteroatoms. The van der Waals surface area contributed by atoms with Crippen LogP contribution in [0, 0.1) is 5.82 Å². The highest BCUT2D eigenvalue weighted by atomic mass is 19.1. The van der Waals surface area contributed by atoms with Gasteiger partial charge in [0.1, 0.15) is 11.6 Å². The minimum Gasteiger partial charge on any atom is -0.383 e. The summed E-state index contributed by atoms with van der Waals surface area (Å²) in [5.41, 5.74) is 6.79. The van der Waals surface area contributed by atoms with Gasteiger partial charge in [0.25, 0.3) is 0 Å². The molecule has 0 aliphatic carbocycles. The van der Waals surface area contributed by atoms with Crippen molar-refractivity contribution in [3.05, 3.63) is 35.8 Å². The molecule has 2 N–H and O–H groups in total. The number of hydrogen-bond acceptors (Lipinski definition) is 2. The van der Waals surface area contributed by atoms with Crippen LogP contribution >= 0.6 is 0 Å². The Bertz CT molecular complexity index is 541. The summed E-state index contributed by atoms with van der Waals surface area (Å²) >= 11 is 0. The van der Waals surface area contributed by atoms with Gasteiger partial charge in [0.05, 0.1) is 6.20 Å². The molecule has 0 fully saturated rings. The van der Waals surface area contributed by atoms with Crippen LogP contribution in [0.1, 0.15) is 26.3 Å². The quantitative estimate of drug-likeness (QED) is 0.737. The number of fused-ring (bicyclic) bond motifs is 1. The van der Waals surface area contributed by atoms with Gasteiger partial charge in [-0.3, -0.25) is 0 Å². The number of aromatic nitrogens is 1. The highest BCUT2D eigenvalue weighted by Crippen LogP contribution is 2.28. The predicted molar refractivity (Wildman–Crippen MR) is 64.8 cm³/mol. The van der Waals surface area contributed by atoms with Gasteiger partial charge >= 0.3 is 0 Å². The molecule has 0 unspecified atom stereocenters. The van der Waals surface area contributed by atoms with Crippen LogP contribution in [0.2, 0.25) is 0 Å². The molecule has 0 spiro atoms. The van der Waals surface area contributed by atoms with Crippen molar-refractivity contribution in [3.8, 4) is 0 Å². The Morgan fingerprint density at radius 3 is 2.50 bits per heavy atom. The fourth-order valence-electron chi connectivity index (χ4n) is 1.70. The van der Waals surface area contributed by atoms with E-state index >= 15 is 0 Å². The molecule has 2 aromatic rings. The Hall–Kier alpha value is -1.64. The second-order valence-electron chi connectivity index (χ2n) is 5.00. The van der Waals surface area contributed by atoms with Crippen molar-refractivity contribution in [1.29, 1.82) is 0 Å². The van der Waals surface area contributed by atoms with Crippen LogP contribution in [0.4, 0.5) is 10.2 Å². The molecule has 0 atom stereocenters. The molecule has 0 bridgehead atoms. The number of benzene rings is 1. The zero-order valence-corrected chi connectivity index (χ0v) is 9.71. The summed E-state index contributed by atoms with van der Waals surface area (Å²) in [6.07, 6.45) is 1.17. The first-order valence-electron chi connectivity index (χ1n) is 5.24. The molecule has 0 aliphatic heterocycles. The lowest BCUT2D eigenvalue weighted by Gasteiger charge is -2.19. The van der Waals surface area contributed by atoms with E-state index in [1.807, 2.05) is 18.2 Å². The standard InChI is InChI=1S/C13H15FN2/c1-13(2,3)8-4-5-9-10(6-8)11(14)7-16-12(9)15/h4-7H,1-3H3,(H2,15,16). The first-order valence-corrected chi connectivity index (χ1v) is 5.24. The lowest BCUT2D eigenvalue weighted by molar-refractivity contribution is 0.590. The van der Waals surface area contributed by atoms with Gasteiger partial charge in [-0.2, -0.15) is 0 Å². The Morgan fingerprint density at radius 1 is 1.19 bits per heavy atom. The van der Waals surface area contributed by atoms with Gasteiger partial charge in [-0.25, -0.2) is 9.37 Å². The Labute approximate surface area is 94.3 Å². The summed E-state index contributed by atoms with van der Waals surface area (Å²) in [5, 5.41) is 1.22. The maximum atomic E-state index is 13.6. The minimum absolute atomic E-state index is 0.00133. The van der Waals surface area contributed by atoms with Crippen molar-refractivity contribution >= 4 is 16.6 Å². The molecule has 16 heavy (non-hydrogen) atoms. The summed E-state index contributed by atoms with van der Waals surface area (Å²) in [5.74, 6) is 0.0483. The Balaban J connectivity index is 2.76. The van der Waals surface area contributed by atoms with Crippen molar-refractivity contribution in [3.63, 3.8) is 0 Å². The van der Waals surface area contributed by atoms with E-state index in [9.17, 15) is 4.39 Å². The molecular weight excluding hydrogens is 203 g/mol. The summed E-state index contributed by atoms with van der Waals surface area (Å²) in [6.45, 7) is 6.28. The fraction of sp³-hybridized carbons (Fsp3) is 0.308. The topological polar surface area (TPSA) is 38.9 Å². The van der Waals surface area contributed by atoms with Gasteiger partial charge in [0, 0.05) is 10.8 Å². The van der Waals surface area contributed by atoms with Gasteiger partial charge in [0.15, 0.2) is 0 Å². The van der Waals surface area contributed by atoms with Crippen LogP contribution < -0.4 is 5.73 Å². The lowest BCUT2D eigenvalue weighted by Crippen LogP contribution is -2.11.